The molecule has 0 fully saturated rings. The molecule has 6 nitrogen and oxygen atoms in total. The van der Waals surface area contributed by atoms with Crippen molar-refractivity contribution in [1.82, 2.24) is 20.1 Å². The van der Waals surface area contributed by atoms with Gasteiger partial charge in [-0.25, -0.2) is 4.98 Å². The van der Waals surface area contributed by atoms with Crippen LogP contribution in [0.4, 0.5) is 5.82 Å². The van der Waals surface area contributed by atoms with Crippen molar-refractivity contribution >= 4 is 11.7 Å². The van der Waals surface area contributed by atoms with Crippen LogP contribution < -0.4 is 10.2 Å². The van der Waals surface area contributed by atoms with Crippen LogP contribution in [0.3, 0.4) is 0 Å². The molecule has 1 atom stereocenters. The van der Waals surface area contributed by atoms with Crippen molar-refractivity contribution in [2.45, 2.75) is 33.4 Å². The Morgan fingerprint density at radius 2 is 2.14 bits per heavy atom. The van der Waals surface area contributed by atoms with E-state index in [0.29, 0.717) is 6.54 Å². The van der Waals surface area contributed by atoms with Crippen LogP contribution in [0.5, 0.6) is 0 Å². The highest BCUT2D eigenvalue weighted by atomic mass is 16.2. The van der Waals surface area contributed by atoms with Gasteiger partial charge in [-0.05, 0) is 38.5 Å². The SMILES string of the molecule is CCN(CC)c1ccc(CNC(=O)[C@H](C)n2cccn2)cn1. The topological polar surface area (TPSA) is 63.1 Å². The second kappa shape index (κ2) is 7.59. The lowest BCUT2D eigenvalue weighted by Gasteiger charge is -2.19. The van der Waals surface area contributed by atoms with E-state index in [0.717, 1.165) is 24.5 Å². The van der Waals surface area contributed by atoms with Gasteiger partial charge in [-0.1, -0.05) is 6.07 Å². The summed E-state index contributed by atoms with van der Waals surface area (Å²) in [6.07, 6.45) is 5.26. The summed E-state index contributed by atoms with van der Waals surface area (Å²) < 4.78 is 1.64. The zero-order chi connectivity index (χ0) is 15.9. The lowest BCUT2D eigenvalue weighted by molar-refractivity contribution is -0.124. The van der Waals surface area contributed by atoms with E-state index in [9.17, 15) is 4.79 Å². The van der Waals surface area contributed by atoms with Crippen LogP contribution in [0.15, 0.2) is 36.8 Å². The van der Waals surface area contributed by atoms with Gasteiger partial charge in [0, 0.05) is 38.2 Å². The summed E-state index contributed by atoms with van der Waals surface area (Å²) >= 11 is 0. The maximum atomic E-state index is 12.1. The van der Waals surface area contributed by atoms with Crippen molar-refractivity contribution in [2.75, 3.05) is 18.0 Å². The molecule has 0 aromatic carbocycles. The summed E-state index contributed by atoms with van der Waals surface area (Å²) in [6, 6.07) is 5.47. The fourth-order valence-corrected chi connectivity index (χ4v) is 2.22. The fraction of sp³-hybridized carbons (Fsp3) is 0.438. The lowest BCUT2D eigenvalue weighted by Crippen LogP contribution is -2.31. The van der Waals surface area contributed by atoms with Gasteiger partial charge in [0.15, 0.2) is 0 Å². The standard InChI is InChI=1S/C16H23N5O/c1-4-20(5-2)15-8-7-14(11-17-15)12-18-16(22)13(3)21-10-6-9-19-21/h6-11,13H,4-5,12H2,1-3H3,(H,18,22)/t13-/m0/s1. The summed E-state index contributed by atoms with van der Waals surface area (Å²) in [6.45, 7) is 8.37. The van der Waals surface area contributed by atoms with E-state index in [-0.39, 0.29) is 11.9 Å². The van der Waals surface area contributed by atoms with Crippen molar-refractivity contribution < 1.29 is 4.79 Å². The van der Waals surface area contributed by atoms with Crippen LogP contribution in [-0.2, 0) is 11.3 Å². The molecule has 0 saturated heterocycles. The van der Waals surface area contributed by atoms with Crippen LogP contribution in [-0.4, -0.2) is 33.8 Å². The van der Waals surface area contributed by atoms with Gasteiger partial charge >= 0.3 is 0 Å². The molecule has 0 aliphatic rings. The third kappa shape index (κ3) is 3.84. The van der Waals surface area contributed by atoms with E-state index in [2.05, 4.69) is 34.1 Å². The second-order valence-electron chi connectivity index (χ2n) is 5.08. The summed E-state index contributed by atoms with van der Waals surface area (Å²) in [4.78, 5) is 18.7. The van der Waals surface area contributed by atoms with E-state index in [1.165, 1.54) is 0 Å². The molecular formula is C16H23N5O. The molecule has 0 unspecified atom stereocenters. The van der Waals surface area contributed by atoms with Gasteiger partial charge in [-0.3, -0.25) is 9.48 Å². The number of anilines is 1. The number of nitrogens with zero attached hydrogens (tertiary/aromatic N) is 4. The molecule has 22 heavy (non-hydrogen) atoms. The van der Waals surface area contributed by atoms with Gasteiger partial charge in [0.2, 0.25) is 5.91 Å². The van der Waals surface area contributed by atoms with Gasteiger partial charge in [0.25, 0.3) is 0 Å². The van der Waals surface area contributed by atoms with Crippen LogP contribution in [0.2, 0.25) is 0 Å². The number of amides is 1. The smallest absolute Gasteiger partial charge is 0.244 e. The molecule has 2 aromatic rings. The van der Waals surface area contributed by atoms with Gasteiger partial charge in [-0.2, -0.15) is 5.10 Å². The summed E-state index contributed by atoms with van der Waals surface area (Å²) in [7, 11) is 0. The molecule has 0 saturated carbocycles. The molecular weight excluding hydrogens is 278 g/mol. The number of hydrogen-bond acceptors (Lipinski definition) is 4. The number of carbonyl (C=O) groups is 1. The highest BCUT2D eigenvalue weighted by molar-refractivity contribution is 5.79. The van der Waals surface area contributed by atoms with E-state index in [4.69, 9.17) is 0 Å². The summed E-state index contributed by atoms with van der Waals surface area (Å²) in [5.74, 6) is 0.904. The van der Waals surface area contributed by atoms with Gasteiger partial charge in [-0.15, -0.1) is 0 Å². The molecule has 0 spiro atoms. The average Bonchev–Trinajstić information content (AvgIpc) is 3.08. The minimum absolute atomic E-state index is 0.0588. The van der Waals surface area contributed by atoms with Crippen LogP contribution in [0.1, 0.15) is 32.4 Å². The molecule has 0 aliphatic heterocycles. The Kier molecular flexibility index (Phi) is 5.52. The molecule has 0 aliphatic carbocycles. The first-order valence-electron chi connectivity index (χ1n) is 7.62. The third-order valence-electron chi connectivity index (χ3n) is 3.66. The number of hydrogen-bond donors (Lipinski definition) is 1. The predicted molar refractivity (Wildman–Crippen MR) is 86.6 cm³/mol. The average molecular weight is 301 g/mol. The zero-order valence-electron chi connectivity index (χ0n) is 13.4. The zero-order valence-corrected chi connectivity index (χ0v) is 13.4. The number of rotatable bonds is 7. The van der Waals surface area contributed by atoms with Gasteiger partial charge in [0.05, 0.1) is 0 Å². The Balaban J connectivity index is 1.90. The second-order valence-corrected chi connectivity index (χ2v) is 5.08. The predicted octanol–water partition coefficient (Wildman–Crippen LogP) is 2.00. The van der Waals surface area contributed by atoms with Crippen LogP contribution in [0, 0.1) is 0 Å². The van der Waals surface area contributed by atoms with E-state index >= 15 is 0 Å². The molecule has 2 rings (SSSR count). The largest absolute Gasteiger partial charge is 0.357 e. The molecule has 2 aromatic heterocycles. The lowest BCUT2D eigenvalue weighted by atomic mass is 10.2. The van der Waals surface area contributed by atoms with E-state index in [1.807, 2.05) is 25.3 Å². The van der Waals surface area contributed by atoms with Gasteiger partial charge < -0.3 is 10.2 Å². The minimum atomic E-state index is -0.321. The maximum Gasteiger partial charge on any atom is 0.244 e. The summed E-state index contributed by atoms with van der Waals surface area (Å²) in [5, 5.41) is 6.99. The Morgan fingerprint density at radius 3 is 2.68 bits per heavy atom. The number of aromatic nitrogens is 3. The highest BCUT2D eigenvalue weighted by Crippen LogP contribution is 2.11. The Hall–Kier alpha value is -2.37. The quantitative estimate of drug-likeness (QED) is 0.849. The van der Waals surface area contributed by atoms with Crippen molar-refractivity contribution in [3.63, 3.8) is 0 Å². The first kappa shape index (κ1) is 16.0. The molecule has 0 radical (unpaired) electrons. The fourth-order valence-electron chi connectivity index (χ4n) is 2.22. The molecule has 6 heteroatoms. The third-order valence-corrected chi connectivity index (χ3v) is 3.66. The molecule has 1 N–H and O–H groups in total. The first-order chi connectivity index (χ1) is 10.7. The molecule has 118 valence electrons. The van der Waals surface area contributed by atoms with Crippen LogP contribution in [0.25, 0.3) is 0 Å². The number of carbonyl (C=O) groups excluding carboxylic acids is 1. The Morgan fingerprint density at radius 1 is 1.36 bits per heavy atom. The maximum absolute atomic E-state index is 12.1. The molecule has 2 heterocycles. The Bertz CT molecular complexity index is 575. The van der Waals surface area contributed by atoms with Crippen molar-refractivity contribution in [1.29, 1.82) is 0 Å². The number of nitrogens with one attached hydrogen (secondary N) is 1. The van der Waals surface area contributed by atoms with E-state index < -0.39 is 0 Å². The minimum Gasteiger partial charge on any atom is -0.357 e. The normalized spacial score (nSPS) is 12.0. The first-order valence-corrected chi connectivity index (χ1v) is 7.62. The van der Waals surface area contributed by atoms with Crippen molar-refractivity contribution in [3.8, 4) is 0 Å². The monoisotopic (exact) mass is 301 g/mol. The van der Waals surface area contributed by atoms with Crippen molar-refractivity contribution in [3.05, 3.63) is 42.4 Å². The Labute approximate surface area is 131 Å². The van der Waals surface area contributed by atoms with Crippen LogP contribution >= 0.6 is 0 Å². The molecule has 1 amide bonds. The highest BCUT2D eigenvalue weighted by Gasteiger charge is 2.14. The number of pyridine rings is 1. The summed E-state index contributed by atoms with van der Waals surface area (Å²) in [5.41, 5.74) is 0.983. The van der Waals surface area contributed by atoms with Gasteiger partial charge in [0.1, 0.15) is 11.9 Å². The molecule has 0 bridgehead atoms. The van der Waals surface area contributed by atoms with Crippen molar-refractivity contribution in [2.24, 2.45) is 0 Å². The van der Waals surface area contributed by atoms with E-state index in [1.54, 1.807) is 23.1 Å².